The minimum absolute atomic E-state index is 0.0260. The topological polar surface area (TPSA) is 91.7 Å². The number of aliphatic hydroxyl groups is 1. The second kappa shape index (κ2) is 7.72. The van der Waals surface area contributed by atoms with Gasteiger partial charge in [0.15, 0.2) is 0 Å². The molecule has 6 nitrogen and oxygen atoms in total. The first-order valence-electron chi connectivity index (χ1n) is 5.31. The number of carbonyl (C=O) groups is 1. The predicted molar refractivity (Wildman–Crippen MR) is 60.8 cm³/mol. The van der Waals surface area contributed by atoms with Crippen LogP contribution in [0.5, 0.6) is 0 Å². The number of hydrogen-bond acceptors (Lipinski definition) is 5. The largest absolute Gasteiger partial charge is 0.478 e. The van der Waals surface area contributed by atoms with Crippen LogP contribution in [0.1, 0.15) is 16.1 Å². The highest BCUT2D eigenvalue weighted by Crippen LogP contribution is 1.99. The Morgan fingerprint density at radius 3 is 2.82 bits per heavy atom. The van der Waals surface area contributed by atoms with E-state index in [1.54, 1.807) is 6.07 Å². The number of nitrogens with zero attached hydrogens (tertiary/aromatic N) is 1. The van der Waals surface area contributed by atoms with E-state index in [0.29, 0.717) is 26.3 Å². The van der Waals surface area contributed by atoms with Crippen molar-refractivity contribution in [2.45, 2.75) is 6.54 Å². The molecule has 3 N–H and O–H groups in total. The predicted octanol–water partition coefficient (Wildman–Crippen LogP) is -0.122. The Bertz CT molecular complexity index is 340. The molecule has 1 rings (SSSR count). The first-order chi connectivity index (χ1) is 8.24. The third-order valence-corrected chi connectivity index (χ3v) is 2.04. The van der Waals surface area contributed by atoms with Gasteiger partial charge in [0, 0.05) is 19.3 Å². The summed E-state index contributed by atoms with van der Waals surface area (Å²) < 4.78 is 5.06. The smallest absolute Gasteiger partial charge is 0.337 e. The highest BCUT2D eigenvalue weighted by atomic mass is 16.5. The third-order valence-electron chi connectivity index (χ3n) is 2.04. The number of ether oxygens (including phenoxy) is 1. The van der Waals surface area contributed by atoms with Crippen molar-refractivity contribution in [1.29, 1.82) is 0 Å². The Balaban J connectivity index is 2.21. The molecule has 17 heavy (non-hydrogen) atoms. The normalized spacial score (nSPS) is 10.4. The molecular weight excluding hydrogens is 224 g/mol. The van der Waals surface area contributed by atoms with Gasteiger partial charge in [-0.2, -0.15) is 0 Å². The van der Waals surface area contributed by atoms with Gasteiger partial charge in [-0.3, -0.25) is 4.98 Å². The van der Waals surface area contributed by atoms with E-state index in [0.717, 1.165) is 5.69 Å². The molecule has 1 aromatic heterocycles. The van der Waals surface area contributed by atoms with Crippen molar-refractivity contribution >= 4 is 5.97 Å². The number of aromatic carboxylic acids is 1. The molecule has 0 amide bonds. The maximum atomic E-state index is 10.6. The lowest BCUT2D eigenvalue weighted by Gasteiger charge is -2.05. The van der Waals surface area contributed by atoms with Gasteiger partial charge in [0.25, 0.3) is 0 Å². The molecule has 0 aromatic carbocycles. The number of pyridine rings is 1. The van der Waals surface area contributed by atoms with Gasteiger partial charge in [0.1, 0.15) is 0 Å². The summed E-state index contributed by atoms with van der Waals surface area (Å²) in [6.07, 6.45) is 1.33. The van der Waals surface area contributed by atoms with E-state index >= 15 is 0 Å². The fourth-order valence-corrected chi connectivity index (χ4v) is 1.18. The number of carboxylic acid groups (broad SMARTS) is 1. The zero-order valence-electron chi connectivity index (χ0n) is 9.43. The monoisotopic (exact) mass is 240 g/mol. The van der Waals surface area contributed by atoms with E-state index in [9.17, 15) is 4.79 Å². The second-order valence-corrected chi connectivity index (χ2v) is 3.36. The van der Waals surface area contributed by atoms with Gasteiger partial charge >= 0.3 is 5.97 Å². The van der Waals surface area contributed by atoms with Crippen LogP contribution in [0.4, 0.5) is 0 Å². The van der Waals surface area contributed by atoms with Gasteiger partial charge in [0.2, 0.25) is 0 Å². The lowest BCUT2D eigenvalue weighted by Crippen LogP contribution is -2.20. The van der Waals surface area contributed by atoms with Crippen LogP contribution in [0.2, 0.25) is 0 Å². The molecule has 0 unspecified atom stereocenters. The molecule has 1 aromatic rings. The van der Waals surface area contributed by atoms with Crippen molar-refractivity contribution in [2.75, 3.05) is 26.4 Å². The van der Waals surface area contributed by atoms with E-state index in [1.807, 2.05) is 0 Å². The lowest BCUT2D eigenvalue weighted by molar-refractivity contribution is 0.0696. The summed E-state index contributed by atoms with van der Waals surface area (Å²) in [7, 11) is 0. The van der Waals surface area contributed by atoms with Crippen LogP contribution in [-0.4, -0.2) is 47.5 Å². The highest BCUT2D eigenvalue weighted by molar-refractivity contribution is 5.87. The van der Waals surface area contributed by atoms with Crippen LogP contribution >= 0.6 is 0 Å². The summed E-state index contributed by atoms with van der Waals surface area (Å²) in [5, 5.41) is 20.2. The molecule has 0 radical (unpaired) electrons. The molecule has 0 spiro atoms. The van der Waals surface area contributed by atoms with Crippen molar-refractivity contribution in [1.82, 2.24) is 10.3 Å². The van der Waals surface area contributed by atoms with Crippen molar-refractivity contribution < 1.29 is 19.7 Å². The summed E-state index contributed by atoms with van der Waals surface area (Å²) in [5.41, 5.74) is 0.956. The molecule has 6 heteroatoms. The third kappa shape index (κ3) is 5.39. The quantitative estimate of drug-likeness (QED) is 0.549. The maximum Gasteiger partial charge on any atom is 0.337 e. The summed E-state index contributed by atoms with van der Waals surface area (Å²) in [6, 6.07) is 3.19. The standard InChI is InChI=1S/C11H16N2O4/c14-4-6-17-5-3-12-8-10-2-1-9(7-13-10)11(15)16/h1-2,7,12,14H,3-6,8H2,(H,15,16). The van der Waals surface area contributed by atoms with Crippen LogP contribution in [0.25, 0.3) is 0 Å². The van der Waals surface area contributed by atoms with Crippen LogP contribution in [0.3, 0.4) is 0 Å². The van der Waals surface area contributed by atoms with Gasteiger partial charge in [0.05, 0.1) is 31.1 Å². The van der Waals surface area contributed by atoms with E-state index in [2.05, 4.69) is 10.3 Å². The molecule has 0 bridgehead atoms. The number of aliphatic hydroxyl groups excluding tert-OH is 1. The Morgan fingerprint density at radius 1 is 1.41 bits per heavy atom. The Morgan fingerprint density at radius 2 is 2.24 bits per heavy atom. The number of hydrogen-bond donors (Lipinski definition) is 3. The van der Waals surface area contributed by atoms with E-state index < -0.39 is 5.97 Å². The maximum absolute atomic E-state index is 10.6. The molecule has 0 atom stereocenters. The number of aromatic nitrogens is 1. The Labute approximate surface area is 99.3 Å². The van der Waals surface area contributed by atoms with E-state index in [1.165, 1.54) is 12.3 Å². The van der Waals surface area contributed by atoms with Gasteiger partial charge in [-0.15, -0.1) is 0 Å². The number of carboxylic acids is 1. The van der Waals surface area contributed by atoms with E-state index in [-0.39, 0.29) is 12.2 Å². The molecular formula is C11H16N2O4. The summed E-state index contributed by atoms with van der Waals surface area (Å²) >= 11 is 0. The molecule has 0 aliphatic heterocycles. The Kier molecular flexibility index (Phi) is 6.16. The second-order valence-electron chi connectivity index (χ2n) is 3.36. The molecule has 94 valence electrons. The molecule has 0 fully saturated rings. The fourth-order valence-electron chi connectivity index (χ4n) is 1.18. The van der Waals surface area contributed by atoms with Crippen molar-refractivity contribution in [3.05, 3.63) is 29.6 Å². The van der Waals surface area contributed by atoms with Gasteiger partial charge < -0.3 is 20.3 Å². The first-order valence-corrected chi connectivity index (χ1v) is 5.31. The minimum Gasteiger partial charge on any atom is -0.478 e. The first kappa shape index (κ1) is 13.6. The molecule has 0 aliphatic rings. The lowest BCUT2D eigenvalue weighted by atomic mass is 10.2. The van der Waals surface area contributed by atoms with Gasteiger partial charge in [-0.05, 0) is 12.1 Å². The summed E-state index contributed by atoms with van der Waals surface area (Å²) in [4.78, 5) is 14.6. The summed E-state index contributed by atoms with van der Waals surface area (Å²) in [6.45, 7) is 2.10. The Hall–Kier alpha value is -1.50. The number of nitrogens with one attached hydrogen (secondary N) is 1. The van der Waals surface area contributed by atoms with Crippen LogP contribution < -0.4 is 5.32 Å². The summed E-state index contributed by atoms with van der Waals surface area (Å²) in [5.74, 6) is -0.977. The van der Waals surface area contributed by atoms with Crippen molar-refractivity contribution in [2.24, 2.45) is 0 Å². The highest BCUT2D eigenvalue weighted by Gasteiger charge is 2.02. The molecule has 0 aliphatic carbocycles. The average molecular weight is 240 g/mol. The van der Waals surface area contributed by atoms with E-state index in [4.69, 9.17) is 14.9 Å². The molecule has 0 saturated carbocycles. The fraction of sp³-hybridized carbons (Fsp3) is 0.455. The van der Waals surface area contributed by atoms with Crippen molar-refractivity contribution in [3.63, 3.8) is 0 Å². The van der Waals surface area contributed by atoms with Crippen LogP contribution in [0, 0.1) is 0 Å². The molecule has 1 heterocycles. The minimum atomic E-state index is -0.977. The van der Waals surface area contributed by atoms with Crippen molar-refractivity contribution in [3.8, 4) is 0 Å². The zero-order chi connectivity index (χ0) is 12.5. The average Bonchev–Trinajstić information content (AvgIpc) is 2.34. The van der Waals surface area contributed by atoms with Gasteiger partial charge in [-0.1, -0.05) is 0 Å². The number of rotatable bonds is 8. The van der Waals surface area contributed by atoms with Crippen LogP contribution in [-0.2, 0) is 11.3 Å². The SMILES string of the molecule is O=C(O)c1ccc(CNCCOCCO)nc1. The zero-order valence-corrected chi connectivity index (χ0v) is 9.43. The van der Waals surface area contributed by atoms with Crippen LogP contribution in [0.15, 0.2) is 18.3 Å². The molecule has 0 saturated heterocycles. The van der Waals surface area contributed by atoms with Gasteiger partial charge in [-0.25, -0.2) is 4.79 Å².